The summed E-state index contributed by atoms with van der Waals surface area (Å²) in [6.07, 6.45) is 24.5. The Morgan fingerprint density at radius 1 is 0.479 bits per heavy atom. The number of hydrogen-bond acceptors (Lipinski definition) is 9. The van der Waals surface area contributed by atoms with Crippen molar-refractivity contribution in [1.29, 1.82) is 0 Å². The van der Waals surface area contributed by atoms with Crippen LogP contribution in [-0.2, 0) is 28.6 Å². The number of ether oxygens (including phenoxy) is 3. The maximum atomic E-state index is 12.5. The molecular formula is C39H68O9. The van der Waals surface area contributed by atoms with E-state index in [9.17, 15) is 29.7 Å². The summed E-state index contributed by atoms with van der Waals surface area (Å²) in [5.41, 5.74) is 0. The minimum atomic E-state index is -0.981. The average Bonchev–Trinajstić information content (AvgIpc) is 3.07. The normalized spacial score (nSPS) is 14.4. The second-order valence-electron chi connectivity index (χ2n) is 12.7. The Kier molecular flexibility index (Phi) is 31.3. The van der Waals surface area contributed by atoms with Crippen LogP contribution in [0.1, 0.15) is 156 Å². The first kappa shape index (κ1) is 45.5. The molecular weight excluding hydrogens is 612 g/mol. The van der Waals surface area contributed by atoms with Crippen molar-refractivity contribution in [3.05, 3.63) is 36.5 Å². The Morgan fingerprint density at radius 3 is 1.15 bits per heavy atom. The van der Waals surface area contributed by atoms with E-state index >= 15 is 0 Å². The zero-order chi connectivity index (χ0) is 35.7. The molecule has 0 aliphatic heterocycles. The molecule has 0 saturated heterocycles. The SMILES string of the molecule is CCCCCCC(O)CC=CCC(=O)OCC(COC(=O)CC=CCC(O)CCCCCC)OC(=O)CC=CCC(O)CCCCCC. The molecule has 278 valence electrons. The fraction of sp³-hybridized carbons (Fsp3) is 0.769. The number of esters is 3. The summed E-state index contributed by atoms with van der Waals surface area (Å²) in [7, 11) is 0. The van der Waals surface area contributed by atoms with Crippen LogP contribution in [0.4, 0.5) is 0 Å². The highest BCUT2D eigenvalue weighted by atomic mass is 16.6. The van der Waals surface area contributed by atoms with Gasteiger partial charge in [-0.05, 0) is 38.5 Å². The standard InChI is InChI=1S/C39H68O9/c1-4-7-10-13-22-33(40)25-16-19-28-37(43)46-31-36(48-39(45)30-21-18-27-35(42)24-15-12-9-6-3)32-47-38(44)29-20-17-26-34(41)23-14-11-8-5-2/h16-21,33-36,40-42H,4-15,22-32H2,1-3H3. The molecule has 0 aliphatic carbocycles. The van der Waals surface area contributed by atoms with Gasteiger partial charge in [-0.25, -0.2) is 0 Å². The van der Waals surface area contributed by atoms with E-state index in [1.54, 1.807) is 36.5 Å². The molecule has 0 saturated carbocycles. The lowest BCUT2D eigenvalue weighted by molar-refractivity contribution is -0.165. The lowest BCUT2D eigenvalue weighted by atomic mass is 10.1. The zero-order valence-electron chi connectivity index (χ0n) is 30.3. The molecule has 0 aromatic carbocycles. The van der Waals surface area contributed by atoms with E-state index < -0.39 is 42.3 Å². The summed E-state index contributed by atoms with van der Waals surface area (Å²) in [6.45, 7) is 5.88. The molecule has 48 heavy (non-hydrogen) atoms. The largest absolute Gasteiger partial charge is 0.461 e. The summed E-state index contributed by atoms with van der Waals surface area (Å²) < 4.78 is 16.1. The van der Waals surface area contributed by atoms with Crippen molar-refractivity contribution >= 4 is 17.9 Å². The third kappa shape index (κ3) is 30.8. The molecule has 0 radical (unpaired) electrons. The predicted molar refractivity (Wildman–Crippen MR) is 191 cm³/mol. The van der Waals surface area contributed by atoms with E-state index in [1.807, 2.05) is 0 Å². The Morgan fingerprint density at radius 2 is 0.812 bits per heavy atom. The molecule has 3 atom stereocenters. The summed E-state index contributed by atoms with van der Waals surface area (Å²) in [6, 6.07) is 0. The van der Waals surface area contributed by atoms with Crippen LogP contribution in [0.5, 0.6) is 0 Å². The van der Waals surface area contributed by atoms with Crippen LogP contribution < -0.4 is 0 Å². The van der Waals surface area contributed by atoms with Crippen LogP contribution in [0.3, 0.4) is 0 Å². The molecule has 3 unspecified atom stereocenters. The Bertz CT molecular complexity index is 835. The molecule has 0 rings (SSSR count). The van der Waals surface area contributed by atoms with Gasteiger partial charge in [-0.1, -0.05) is 134 Å². The van der Waals surface area contributed by atoms with Crippen LogP contribution in [0.25, 0.3) is 0 Å². The van der Waals surface area contributed by atoms with Crippen LogP contribution in [0.15, 0.2) is 36.5 Å². The lowest BCUT2D eigenvalue weighted by Crippen LogP contribution is -2.30. The summed E-state index contributed by atoms with van der Waals surface area (Å²) in [4.78, 5) is 37.2. The van der Waals surface area contributed by atoms with Gasteiger partial charge < -0.3 is 29.5 Å². The van der Waals surface area contributed by atoms with Gasteiger partial charge in [0.05, 0.1) is 37.6 Å². The highest BCUT2D eigenvalue weighted by Crippen LogP contribution is 2.11. The molecule has 0 bridgehead atoms. The van der Waals surface area contributed by atoms with Crippen LogP contribution >= 0.6 is 0 Å². The van der Waals surface area contributed by atoms with Crippen molar-refractivity contribution in [1.82, 2.24) is 0 Å². The van der Waals surface area contributed by atoms with Crippen LogP contribution in [-0.4, -0.2) is 70.9 Å². The predicted octanol–water partition coefficient (Wildman–Crippen LogP) is 7.99. The number of hydrogen-bond donors (Lipinski definition) is 3. The van der Waals surface area contributed by atoms with E-state index in [4.69, 9.17) is 14.2 Å². The van der Waals surface area contributed by atoms with Gasteiger partial charge in [0.15, 0.2) is 6.10 Å². The van der Waals surface area contributed by atoms with Crippen molar-refractivity contribution in [3.8, 4) is 0 Å². The van der Waals surface area contributed by atoms with Gasteiger partial charge in [-0.3, -0.25) is 14.4 Å². The first-order valence-corrected chi connectivity index (χ1v) is 18.7. The Hall–Kier alpha value is -2.49. The monoisotopic (exact) mass is 680 g/mol. The molecule has 0 aromatic rings. The number of carbonyl (C=O) groups is 3. The number of aliphatic hydroxyl groups is 3. The molecule has 0 aromatic heterocycles. The van der Waals surface area contributed by atoms with Crippen molar-refractivity contribution in [2.75, 3.05) is 13.2 Å². The summed E-state index contributed by atoms with van der Waals surface area (Å²) >= 11 is 0. The van der Waals surface area contributed by atoms with Crippen LogP contribution in [0, 0.1) is 0 Å². The number of unbranched alkanes of at least 4 members (excludes halogenated alkanes) is 9. The third-order valence-corrected chi connectivity index (χ3v) is 7.91. The first-order chi connectivity index (χ1) is 23.2. The molecule has 9 nitrogen and oxygen atoms in total. The smallest absolute Gasteiger partial charge is 0.310 e. The summed E-state index contributed by atoms with van der Waals surface area (Å²) in [5.74, 6) is -1.62. The topological polar surface area (TPSA) is 140 Å². The number of rotatable bonds is 32. The van der Waals surface area contributed by atoms with Crippen molar-refractivity contribution in [2.45, 2.75) is 180 Å². The van der Waals surface area contributed by atoms with Gasteiger partial charge in [0.25, 0.3) is 0 Å². The highest BCUT2D eigenvalue weighted by Gasteiger charge is 2.19. The number of aliphatic hydroxyl groups excluding tert-OH is 3. The van der Waals surface area contributed by atoms with Gasteiger partial charge in [0, 0.05) is 0 Å². The zero-order valence-corrected chi connectivity index (χ0v) is 30.3. The molecule has 0 spiro atoms. The average molecular weight is 681 g/mol. The van der Waals surface area contributed by atoms with Gasteiger partial charge >= 0.3 is 17.9 Å². The van der Waals surface area contributed by atoms with E-state index in [1.165, 1.54) is 0 Å². The van der Waals surface area contributed by atoms with Gasteiger partial charge in [0.2, 0.25) is 0 Å². The number of carbonyl (C=O) groups excluding carboxylic acids is 3. The van der Waals surface area contributed by atoms with Gasteiger partial charge in [-0.15, -0.1) is 0 Å². The van der Waals surface area contributed by atoms with E-state index in [0.717, 1.165) is 96.3 Å². The van der Waals surface area contributed by atoms with Crippen LogP contribution in [0.2, 0.25) is 0 Å². The van der Waals surface area contributed by atoms with Crippen molar-refractivity contribution in [2.24, 2.45) is 0 Å². The molecule has 0 fully saturated rings. The van der Waals surface area contributed by atoms with E-state index in [-0.39, 0.29) is 32.5 Å². The molecule has 0 aliphatic rings. The second-order valence-corrected chi connectivity index (χ2v) is 12.7. The summed E-state index contributed by atoms with van der Waals surface area (Å²) in [5, 5.41) is 30.3. The Labute approximate surface area is 291 Å². The molecule has 0 amide bonds. The first-order valence-electron chi connectivity index (χ1n) is 18.7. The van der Waals surface area contributed by atoms with E-state index in [2.05, 4.69) is 20.8 Å². The maximum absolute atomic E-state index is 12.5. The van der Waals surface area contributed by atoms with Gasteiger partial charge in [-0.2, -0.15) is 0 Å². The lowest BCUT2D eigenvalue weighted by Gasteiger charge is -2.17. The quantitative estimate of drug-likeness (QED) is 0.0279. The maximum Gasteiger partial charge on any atom is 0.310 e. The van der Waals surface area contributed by atoms with Gasteiger partial charge in [0.1, 0.15) is 13.2 Å². The molecule has 3 N–H and O–H groups in total. The third-order valence-electron chi connectivity index (χ3n) is 7.91. The van der Waals surface area contributed by atoms with Crippen molar-refractivity contribution < 1.29 is 43.9 Å². The molecule has 0 heterocycles. The van der Waals surface area contributed by atoms with E-state index in [0.29, 0.717) is 19.3 Å². The second kappa shape index (κ2) is 33.0. The minimum absolute atomic E-state index is 0.00175. The Balaban J connectivity index is 4.79. The molecule has 9 heteroatoms. The minimum Gasteiger partial charge on any atom is -0.461 e. The highest BCUT2D eigenvalue weighted by molar-refractivity contribution is 5.73. The van der Waals surface area contributed by atoms with Crippen molar-refractivity contribution in [3.63, 3.8) is 0 Å². The fourth-order valence-electron chi connectivity index (χ4n) is 4.91. The fourth-order valence-corrected chi connectivity index (χ4v) is 4.91.